The Morgan fingerprint density at radius 1 is 1.12 bits per heavy atom. The molecule has 0 aromatic heterocycles. The fourth-order valence-electron chi connectivity index (χ4n) is 2.91. The third kappa shape index (κ3) is 4.71. The Labute approximate surface area is 156 Å². The number of hydrogen-bond donors (Lipinski definition) is 1. The monoisotopic (exact) mass is 374 g/mol. The predicted molar refractivity (Wildman–Crippen MR) is 102 cm³/mol. The first kappa shape index (κ1) is 18.2. The Morgan fingerprint density at radius 3 is 2.42 bits per heavy atom. The first-order chi connectivity index (χ1) is 12.5. The molecule has 1 aliphatic rings. The second kappa shape index (κ2) is 8.16. The van der Waals surface area contributed by atoms with Gasteiger partial charge < -0.3 is 10.2 Å². The number of nitro benzene ring substituents is 1. The Bertz CT molecular complexity index is 789. The van der Waals surface area contributed by atoms with Gasteiger partial charge in [-0.2, -0.15) is 0 Å². The number of carbonyl (C=O) groups excluding carboxylic acids is 1. The molecule has 0 atom stereocenters. The Morgan fingerprint density at radius 2 is 1.81 bits per heavy atom. The second-order valence-corrected chi connectivity index (χ2v) is 6.53. The third-order valence-electron chi connectivity index (χ3n) is 4.27. The van der Waals surface area contributed by atoms with E-state index in [0.29, 0.717) is 17.3 Å². The molecule has 7 nitrogen and oxygen atoms in total. The zero-order valence-electron chi connectivity index (χ0n) is 14.1. The van der Waals surface area contributed by atoms with Gasteiger partial charge in [-0.1, -0.05) is 17.7 Å². The van der Waals surface area contributed by atoms with Crippen molar-refractivity contribution in [2.24, 2.45) is 0 Å². The third-order valence-corrected chi connectivity index (χ3v) is 4.51. The summed E-state index contributed by atoms with van der Waals surface area (Å²) in [5, 5.41) is 14.1. The van der Waals surface area contributed by atoms with E-state index < -0.39 is 4.92 Å². The highest BCUT2D eigenvalue weighted by atomic mass is 35.5. The molecule has 2 aromatic carbocycles. The summed E-state index contributed by atoms with van der Waals surface area (Å²) in [4.78, 5) is 26.7. The van der Waals surface area contributed by atoms with Gasteiger partial charge in [0.25, 0.3) is 5.69 Å². The van der Waals surface area contributed by atoms with Crippen LogP contribution in [-0.2, 0) is 4.79 Å². The normalized spacial score (nSPS) is 14.9. The van der Waals surface area contributed by atoms with Crippen molar-refractivity contribution in [3.63, 3.8) is 0 Å². The molecule has 0 bridgehead atoms. The SMILES string of the molecule is O=C(CN1CCN(c2cccc(Cl)c2)CC1)Nc1ccc([N+](=O)[O-])cc1. The van der Waals surface area contributed by atoms with Crippen LogP contribution in [0.2, 0.25) is 5.02 Å². The molecule has 1 heterocycles. The Kier molecular flexibility index (Phi) is 5.70. The zero-order valence-corrected chi connectivity index (χ0v) is 14.9. The van der Waals surface area contributed by atoms with Gasteiger partial charge in [0.05, 0.1) is 11.5 Å². The van der Waals surface area contributed by atoms with E-state index in [0.717, 1.165) is 31.9 Å². The molecule has 0 unspecified atom stereocenters. The quantitative estimate of drug-likeness (QED) is 0.643. The number of hydrogen-bond acceptors (Lipinski definition) is 5. The summed E-state index contributed by atoms with van der Waals surface area (Å²) in [6.07, 6.45) is 0. The molecule has 26 heavy (non-hydrogen) atoms. The number of nitrogens with zero attached hydrogens (tertiary/aromatic N) is 3. The molecule has 1 amide bonds. The van der Waals surface area contributed by atoms with Crippen molar-refractivity contribution in [1.82, 2.24) is 4.90 Å². The lowest BCUT2D eigenvalue weighted by Gasteiger charge is -2.35. The predicted octanol–water partition coefficient (Wildman–Crippen LogP) is 3.01. The summed E-state index contributed by atoms with van der Waals surface area (Å²) in [6, 6.07) is 13.6. The van der Waals surface area contributed by atoms with E-state index in [-0.39, 0.29) is 11.6 Å². The molecule has 1 saturated heterocycles. The minimum atomic E-state index is -0.467. The molecule has 0 spiro atoms. The minimum Gasteiger partial charge on any atom is -0.369 e. The first-order valence-corrected chi connectivity index (χ1v) is 8.66. The standard InChI is InChI=1S/C18H19ClN4O3/c19-14-2-1-3-17(12-14)22-10-8-21(9-11-22)13-18(24)20-15-4-6-16(7-5-15)23(25)26/h1-7,12H,8-11,13H2,(H,20,24). The number of piperazine rings is 1. The lowest BCUT2D eigenvalue weighted by atomic mass is 10.2. The maximum absolute atomic E-state index is 12.2. The Hall–Kier alpha value is -2.64. The van der Waals surface area contributed by atoms with Gasteiger partial charge in [0.2, 0.25) is 5.91 Å². The molecule has 1 N–H and O–H groups in total. The van der Waals surface area contributed by atoms with Crippen LogP contribution in [0.4, 0.5) is 17.1 Å². The molecule has 3 rings (SSSR count). The van der Waals surface area contributed by atoms with Gasteiger partial charge in [-0.15, -0.1) is 0 Å². The number of carbonyl (C=O) groups is 1. The van der Waals surface area contributed by atoms with Gasteiger partial charge in [-0.05, 0) is 30.3 Å². The maximum Gasteiger partial charge on any atom is 0.269 e. The highest BCUT2D eigenvalue weighted by Gasteiger charge is 2.19. The van der Waals surface area contributed by atoms with Crippen molar-refractivity contribution >= 4 is 34.6 Å². The summed E-state index contributed by atoms with van der Waals surface area (Å²) in [5.74, 6) is -0.130. The van der Waals surface area contributed by atoms with Gasteiger partial charge in [-0.25, -0.2) is 0 Å². The summed E-state index contributed by atoms with van der Waals surface area (Å²) in [7, 11) is 0. The van der Waals surface area contributed by atoms with E-state index in [2.05, 4.69) is 15.1 Å². The molecular weight excluding hydrogens is 356 g/mol. The minimum absolute atomic E-state index is 0.000126. The van der Waals surface area contributed by atoms with Crippen LogP contribution >= 0.6 is 11.6 Å². The summed E-state index contributed by atoms with van der Waals surface area (Å²) in [5.41, 5.74) is 1.64. The number of amides is 1. The number of rotatable bonds is 5. The van der Waals surface area contributed by atoms with Crippen molar-refractivity contribution in [3.05, 3.63) is 63.7 Å². The lowest BCUT2D eigenvalue weighted by molar-refractivity contribution is -0.384. The highest BCUT2D eigenvalue weighted by Crippen LogP contribution is 2.21. The summed E-state index contributed by atoms with van der Waals surface area (Å²) in [6.45, 7) is 3.50. The maximum atomic E-state index is 12.2. The number of nitrogens with one attached hydrogen (secondary N) is 1. The molecule has 0 saturated carbocycles. The van der Waals surface area contributed by atoms with E-state index in [4.69, 9.17) is 11.6 Å². The number of halogens is 1. The topological polar surface area (TPSA) is 78.7 Å². The smallest absolute Gasteiger partial charge is 0.269 e. The highest BCUT2D eigenvalue weighted by molar-refractivity contribution is 6.30. The van der Waals surface area contributed by atoms with E-state index in [1.807, 2.05) is 24.3 Å². The van der Waals surface area contributed by atoms with Crippen molar-refractivity contribution < 1.29 is 9.72 Å². The zero-order chi connectivity index (χ0) is 18.5. The largest absolute Gasteiger partial charge is 0.369 e. The van der Waals surface area contributed by atoms with E-state index >= 15 is 0 Å². The van der Waals surface area contributed by atoms with Crippen LogP contribution in [0.15, 0.2) is 48.5 Å². The molecule has 1 fully saturated rings. The molecule has 136 valence electrons. The fourth-order valence-corrected chi connectivity index (χ4v) is 3.09. The molecule has 1 aliphatic heterocycles. The lowest BCUT2D eigenvalue weighted by Crippen LogP contribution is -2.48. The second-order valence-electron chi connectivity index (χ2n) is 6.10. The number of nitro groups is 1. The van der Waals surface area contributed by atoms with Crippen LogP contribution in [0.5, 0.6) is 0 Å². The fraction of sp³-hybridized carbons (Fsp3) is 0.278. The van der Waals surface area contributed by atoms with Crippen molar-refractivity contribution in [2.45, 2.75) is 0 Å². The average Bonchev–Trinajstić information content (AvgIpc) is 2.62. The van der Waals surface area contributed by atoms with Crippen LogP contribution < -0.4 is 10.2 Å². The van der Waals surface area contributed by atoms with Crippen molar-refractivity contribution in [1.29, 1.82) is 0 Å². The first-order valence-electron chi connectivity index (χ1n) is 8.28. The van der Waals surface area contributed by atoms with Crippen molar-refractivity contribution in [3.8, 4) is 0 Å². The number of benzene rings is 2. The summed E-state index contributed by atoms with van der Waals surface area (Å²) < 4.78 is 0. The van der Waals surface area contributed by atoms with E-state index in [1.165, 1.54) is 24.3 Å². The van der Waals surface area contributed by atoms with Crippen LogP contribution in [-0.4, -0.2) is 48.5 Å². The Balaban J connectivity index is 1.48. The molecule has 0 aliphatic carbocycles. The molecule has 8 heteroatoms. The van der Waals surface area contributed by atoms with Crippen LogP contribution in [0.3, 0.4) is 0 Å². The van der Waals surface area contributed by atoms with Crippen LogP contribution in [0.25, 0.3) is 0 Å². The number of non-ortho nitro benzene ring substituents is 1. The van der Waals surface area contributed by atoms with Crippen LogP contribution in [0, 0.1) is 10.1 Å². The van der Waals surface area contributed by atoms with E-state index in [9.17, 15) is 14.9 Å². The summed E-state index contributed by atoms with van der Waals surface area (Å²) >= 11 is 6.04. The van der Waals surface area contributed by atoms with Gasteiger partial charge in [0.15, 0.2) is 0 Å². The van der Waals surface area contributed by atoms with Crippen molar-refractivity contribution in [2.75, 3.05) is 42.9 Å². The van der Waals surface area contributed by atoms with Gasteiger partial charge in [-0.3, -0.25) is 19.8 Å². The van der Waals surface area contributed by atoms with Gasteiger partial charge in [0.1, 0.15) is 0 Å². The molecule has 2 aromatic rings. The van der Waals surface area contributed by atoms with Gasteiger partial charge >= 0.3 is 0 Å². The van der Waals surface area contributed by atoms with Crippen LogP contribution in [0.1, 0.15) is 0 Å². The van der Waals surface area contributed by atoms with Gasteiger partial charge in [0, 0.05) is 54.7 Å². The molecule has 0 radical (unpaired) electrons. The number of anilines is 2. The average molecular weight is 375 g/mol. The molecular formula is C18H19ClN4O3. The van der Waals surface area contributed by atoms with E-state index in [1.54, 1.807) is 0 Å².